The van der Waals surface area contributed by atoms with Crippen LogP contribution in [0.5, 0.6) is 0 Å². The van der Waals surface area contributed by atoms with Crippen LogP contribution in [0.15, 0.2) is 42.5 Å². The number of carbonyl (C=O) groups is 1. The second kappa shape index (κ2) is 5.44. The molecule has 1 aromatic heterocycles. The summed E-state index contributed by atoms with van der Waals surface area (Å²) in [5.41, 5.74) is 2.81. The van der Waals surface area contributed by atoms with Gasteiger partial charge in [0.1, 0.15) is 11.5 Å². The second-order valence-electron chi connectivity index (χ2n) is 5.91. The minimum atomic E-state index is 0.00555. The Morgan fingerprint density at radius 2 is 1.77 bits per heavy atom. The second-order valence-corrected chi connectivity index (χ2v) is 5.91. The van der Waals surface area contributed by atoms with Crippen LogP contribution in [0.4, 0.5) is 11.5 Å². The van der Waals surface area contributed by atoms with Gasteiger partial charge in [0.05, 0.1) is 0 Å². The number of aromatic nitrogens is 1. The average Bonchev–Trinajstić information content (AvgIpc) is 3.24. The van der Waals surface area contributed by atoms with Crippen LogP contribution in [-0.4, -0.2) is 30.5 Å². The molecule has 1 aromatic carbocycles. The smallest absolute Gasteiger partial charge is 0.276 e. The molecule has 1 saturated heterocycles. The molecule has 3 heterocycles. The van der Waals surface area contributed by atoms with Gasteiger partial charge in [0.15, 0.2) is 0 Å². The van der Waals surface area contributed by atoms with Gasteiger partial charge in [-0.2, -0.15) is 0 Å². The number of hydrogen-bond donors (Lipinski definition) is 0. The summed E-state index contributed by atoms with van der Waals surface area (Å²) in [7, 11) is 0. The number of anilines is 2. The number of benzene rings is 1. The highest BCUT2D eigenvalue weighted by Gasteiger charge is 2.26. The first-order valence-corrected chi connectivity index (χ1v) is 7.95. The van der Waals surface area contributed by atoms with E-state index in [2.05, 4.69) is 16.0 Å². The molecule has 4 rings (SSSR count). The molecule has 0 saturated carbocycles. The van der Waals surface area contributed by atoms with Crippen molar-refractivity contribution in [1.82, 2.24) is 4.98 Å². The van der Waals surface area contributed by atoms with E-state index in [0.29, 0.717) is 5.69 Å². The van der Waals surface area contributed by atoms with Crippen LogP contribution in [0.2, 0.25) is 0 Å². The fraction of sp³-hybridized carbons (Fsp3) is 0.333. The zero-order valence-electron chi connectivity index (χ0n) is 12.5. The average molecular weight is 293 g/mol. The largest absolute Gasteiger partial charge is 0.357 e. The molecule has 0 N–H and O–H groups in total. The summed E-state index contributed by atoms with van der Waals surface area (Å²) in [6, 6.07) is 13.9. The highest BCUT2D eigenvalue weighted by atomic mass is 16.2. The molecule has 4 heteroatoms. The van der Waals surface area contributed by atoms with Crippen LogP contribution in [0.25, 0.3) is 0 Å². The van der Waals surface area contributed by atoms with Crippen LogP contribution in [0.1, 0.15) is 28.9 Å². The number of para-hydroxylation sites is 1. The molecule has 2 aliphatic rings. The molecule has 22 heavy (non-hydrogen) atoms. The van der Waals surface area contributed by atoms with E-state index < -0.39 is 0 Å². The number of hydrogen-bond acceptors (Lipinski definition) is 3. The first-order chi connectivity index (χ1) is 10.8. The predicted octanol–water partition coefficient (Wildman–Crippen LogP) is 2.88. The van der Waals surface area contributed by atoms with Crippen LogP contribution < -0.4 is 9.80 Å². The highest BCUT2D eigenvalue weighted by molar-refractivity contribution is 6.06. The normalized spacial score (nSPS) is 16.9. The summed E-state index contributed by atoms with van der Waals surface area (Å²) in [5.74, 6) is 0.932. The third-order valence-corrected chi connectivity index (χ3v) is 4.52. The van der Waals surface area contributed by atoms with Gasteiger partial charge in [0.2, 0.25) is 0 Å². The lowest BCUT2D eigenvalue weighted by Gasteiger charge is -2.19. The van der Waals surface area contributed by atoms with Gasteiger partial charge in [-0.1, -0.05) is 24.3 Å². The summed E-state index contributed by atoms with van der Waals surface area (Å²) in [6.45, 7) is 2.82. The van der Waals surface area contributed by atoms with Crippen molar-refractivity contribution in [3.8, 4) is 0 Å². The maximum Gasteiger partial charge on any atom is 0.276 e. The Morgan fingerprint density at radius 3 is 2.64 bits per heavy atom. The molecule has 4 nitrogen and oxygen atoms in total. The standard InChI is InChI=1S/C18H19N3O/c22-18(21-13-10-14-6-1-2-8-16(14)21)15-7-5-9-17(19-15)20-11-3-4-12-20/h1-2,5-9H,3-4,10-13H2. The molecule has 0 aliphatic carbocycles. The number of rotatable bonds is 2. The zero-order valence-corrected chi connectivity index (χ0v) is 12.5. The quantitative estimate of drug-likeness (QED) is 0.854. The first-order valence-electron chi connectivity index (χ1n) is 7.95. The van der Waals surface area contributed by atoms with Crippen molar-refractivity contribution in [3.05, 3.63) is 53.7 Å². The number of amides is 1. The van der Waals surface area contributed by atoms with Crippen molar-refractivity contribution in [1.29, 1.82) is 0 Å². The molecular formula is C18H19N3O. The van der Waals surface area contributed by atoms with Gasteiger partial charge in [-0.05, 0) is 43.0 Å². The van der Waals surface area contributed by atoms with Crippen LogP contribution in [0, 0.1) is 0 Å². The lowest BCUT2D eigenvalue weighted by atomic mass is 10.2. The van der Waals surface area contributed by atoms with E-state index in [4.69, 9.17) is 0 Å². The molecule has 112 valence electrons. The fourth-order valence-corrected chi connectivity index (χ4v) is 3.35. The lowest BCUT2D eigenvalue weighted by molar-refractivity contribution is 0.0984. The maximum absolute atomic E-state index is 12.8. The third kappa shape index (κ3) is 2.25. The number of fused-ring (bicyclic) bond motifs is 1. The van der Waals surface area contributed by atoms with Crippen molar-refractivity contribution in [2.75, 3.05) is 29.4 Å². The molecule has 1 amide bonds. The van der Waals surface area contributed by atoms with Gasteiger partial charge in [0.25, 0.3) is 5.91 Å². The molecule has 0 spiro atoms. The minimum Gasteiger partial charge on any atom is -0.357 e. The van der Waals surface area contributed by atoms with E-state index >= 15 is 0 Å². The van der Waals surface area contributed by atoms with Crippen molar-refractivity contribution in [2.45, 2.75) is 19.3 Å². The number of carbonyl (C=O) groups excluding carboxylic acids is 1. The van der Waals surface area contributed by atoms with Gasteiger partial charge < -0.3 is 9.80 Å². The fourth-order valence-electron chi connectivity index (χ4n) is 3.35. The summed E-state index contributed by atoms with van der Waals surface area (Å²) in [5, 5.41) is 0. The summed E-state index contributed by atoms with van der Waals surface area (Å²) in [6.07, 6.45) is 3.34. The Hall–Kier alpha value is -2.36. The van der Waals surface area contributed by atoms with E-state index in [9.17, 15) is 4.79 Å². The topological polar surface area (TPSA) is 36.4 Å². The third-order valence-electron chi connectivity index (χ3n) is 4.52. The minimum absolute atomic E-state index is 0.00555. The molecule has 2 aromatic rings. The Bertz CT molecular complexity index is 707. The van der Waals surface area contributed by atoms with E-state index in [1.54, 1.807) is 0 Å². The van der Waals surface area contributed by atoms with Crippen LogP contribution in [-0.2, 0) is 6.42 Å². The van der Waals surface area contributed by atoms with Crippen LogP contribution in [0.3, 0.4) is 0 Å². The highest BCUT2D eigenvalue weighted by Crippen LogP contribution is 2.29. The van der Waals surface area contributed by atoms with E-state index in [-0.39, 0.29) is 5.91 Å². The first kappa shape index (κ1) is 13.3. The van der Waals surface area contributed by atoms with Crippen molar-refractivity contribution in [2.24, 2.45) is 0 Å². The molecule has 0 radical (unpaired) electrons. The molecule has 0 atom stereocenters. The van der Waals surface area contributed by atoms with Gasteiger partial charge in [-0.25, -0.2) is 4.98 Å². The molecule has 0 bridgehead atoms. The van der Waals surface area contributed by atoms with Gasteiger partial charge in [0, 0.05) is 25.3 Å². The van der Waals surface area contributed by atoms with E-state index in [1.807, 2.05) is 41.3 Å². The Balaban J connectivity index is 1.62. The summed E-state index contributed by atoms with van der Waals surface area (Å²) >= 11 is 0. The van der Waals surface area contributed by atoms with Gasteiger partial charge >= 0.3 is 0 Å². The molecule has 2 aliphatic heterocycles. The summed E-state index contributed by atoms with van der Waals surface area (Å²) < 4.78 is 0. The Labute approximate surface area is 130 Å². The van der Waals surface area contributed by atoms with Crippen LogP contribution >= 0.6 is 0 Å². The molecule has 0 unspecified atom stereocenters. The monoisotopic (exact) mass is 293 g/mol. The maximum atomic E-state index is 12.8. The molecule has 1 fully saturated rings. The van der Waals surface area contributed by atoms with Gasteiger partial charge in [-0.3, -0.25) is 4.79 Å². The van der Waals surface area contributed by atoms with Crippen molar-refractivity contribution >= 4 is 17.4 Å². The Kier molecular flexibility index (Phi) is 3.29. The van der Waals surface area contributed by atoms with Gasteiger partial charge in [-0.15, -0.1) is 0 Å². The predicted molar refractivity (Wildman–Crippen MR) is 87.5 cm³/mol. The van der Waals surface area contributed by atoms with Crippen molar-refractivity contribution < 1.29 is 4.79 Å². The SMILES string of the molecule is O=C(c1cccc(N2CCCC2)n1)N1CCc2ccccc21. The van der Waals surface area contributed by atoms with Crippen molar-refractivity contribution in [3.63, 3.8) is 0 Å². The molecular weight excluding hydrogens is 274 g/mol. The van der Waals surface area contributed by atoms with E-state index in [1.165, 1.54) is 18.4 Å². The number of nitrogens with zero attached hydrogens (tertiary/aromatic N) is 3. The number of pyridine rings is 1. The Morgan fingerprint density at radius 1 is 0.955 bits per heavy atom. The van der Waals surface area contributed by atoms with E-state index in [0.717, 1.165) is 37.6 Å². The summed E-state index contributed by atoms with van der Waals surface area (Å²) in [4.78, 5) is 21.5. The zero-order chi connectivity index (χ0) is 14.9. The lowest BCUT2D eigenvalue weighted by Crippen LogP contribution is -2.30.